The van der Waals surface area contributed by atoms with Crippen LogP contribution in [0, 0.1) is 0 Å². The van der Waals surface area contributed by atoms with Gasteiger partial charge in [-0.2, -0.15) is 0 Å². The van der Waals surface area contributed by atoms with E-state index in [1.807, 2.05) is 0 Å². The minimum absolute atomic E-state index is 0. The van der Waals surface area contributed by atoms with Gasteiger partial charge in [-0.1, -0.05) is 18.8 Å². The molecule has 0 aliphatic heterocycles. The summed E-state index contributed by atoms with van der Waals surface area (Å²) in [5.74, 6) is 0. The van der Waals surface area contributed by atoms with E-state index in [4.69, 9.17) is 5.14 Å². The molecule has 0 bridgehead atoms. The Bertz CT molecular complexity index is 89.9. The predicted molar refractivity (Wildman–Crippen MR) is 38.8 cm³/mol. The normalized spacial score (nSPS) is 6.62. The third-order valence-corrected chi connectivity index (χ3v) is 1.07. The third kappa shape index (κ3) is 6.94. The Morgan fingerprint density at radius 2 is 2.50 bits per heavy atom. The first-order valence-electron chi connectivity index (χ1n) is 1.59. The molecule has 5 heteroatoms. The van der Waals surface area contributed by atoms with Crippen molar-refractivity contribution in [1.29, 1.82) is 0 Å². The van der Waals surface area contributed by atoms with Crippen molar-refractivity contribution in [1.82, 2.24) is 5.32 Å². The first kappa shape index (κ1) is 11.7. The Morgan fingerprint density at radius 3 is 2.62 bits per heavy atom. The summed E-state index contributed by atoms with van der Waals surface area (Å²) in [5, 5.41) is 7.65. The van der Waals surface area contributed by atoms with Crippen LogP contribution in [0.5, 0.6) is 0 Å². The van der Waals surface area contributed by atoms with Gasteiger partial charge in [0.15, 0.2) is 4.32 Å². The van der Waals surface area contributed by atoms with Gasteiger partial charge in [-0.15, -0.1) is 0 Å². The van der Waals surface area contributed by atoms with Crippen LogP contribution < -0.4 is 40.0 Å². The van der Waals surface area contributed by atoms with Gasteiger partial charge in [0.05, 0.1) is 0 Å². The fraction of sp³-hybridized carbons (Fsp3) is 0. The molecule has 0 rings (SSSR count). The summed E-state index contributed by atoms with van der Waals surface area (Å²) in [6.45, 7) is 3.38. The maximum Gasteiger partial charge on any atom is 1.00 e. The molecule has 8 heavy (non-hydrogen) atoms. The molecule has 0 saturated heterocycles. The van der Waals surface area contributed by atoms with Crippen molar-refractivity contribution in [3.8, 4) is 0 Å². The topological polar surface area (TPSA) is 38.0 Å². The van der Waals surface area contributed by atoms with Crippen LogP contribution in [-0.4, -0.2) is 4.32 Å². The van der Waals surface area contributed by atoms with Crippen molar-refractivity contribution in [2.24, 2.45) is 5.14 Å². The fourth-order valence-electron chi connectivity index (χ4n) is 0.117. The number of thiocarbonyl (C=S) groups is 1. The molecule has 0 radical (unpaired) electrons. The summed E-state index contributed by atoms with van der Waals surface area (Å²) in [5.41, 5.74) is 0. The van der Waals surface area contributed by atoms with Gasteiger partial charge in [-0.05, 0) is 18.1 Å². The SMILES string of the molecule is C=CNC(=S)SN.[H-].[Na+]. The molecule has 0 aromatic carbocycles. The third-order valence-electron chi connectivity index (χ3n) is 0.327. The smallest absolute Gasteiger partial charge is 1.00 e. The molecule has 0 amide bonds. The standard InChI is InChI=1S/C3H6N2S2.Na.H/c1-2-5-3(6)7-4;;/h2H,1,4H2,(H,5,6);;/q;+1;-1. The summed E-state index contributed by atoms with van der Waals surface area (Å²) in [6, 6.07) is 0. The van der Waals surface area contributed by atoms with Crippen LogP contribution in [0.15, 0.2) is 12.8 Å². The zero-order chi connectivity index (χ0) is 5.70. The Balaban J connectivity index is -0.000000180. The van der Waals surface area contributed by atoms with Crippen molar-refractivity contribution in [2.45, 2.75) is 0 Å². The van der Waals surface area contributed by atoms with E-state index >= 15 is 0 Å². The van der Waals surface area contributed by atoms with Gasteiger partial charge in [-0.3, -0.25) is 5.14 Å². The van der Waals surface area contributed by atoms with Crippen LogP contribution in [0.2, 0.25) is 0 Å². The largest absolute Gasteiger partial charge is 1.00 e. The molecule has 0 spiro atoms. The second-order valence-corrected chi connectivity index (χ2v) is 2.06. The van der Waals surface area contributed by atoms with Crippen LogP contribution >= 0.6 is 24.2 Å². The molecule has 0 aliphatic rings. The average Bonchev–Trinajstić information content (AvgIpc) is 1.68. The summed E-state index contributed by atoms with van der Waals surface area (Å²) in [7, 11) is 0. The van der Waals surface area contributed by atoms with Gasteiger partial charge in [0, 0.05) is 0 Å². The molecule has 3 N–H and O–H groups in total. The Hall–Kier alpha value is 0.940. The summed E-state index contributed by atoms with van der Waals surface area (Å²) >= 11 is 5.61. The minimum Gasteiger partial charge on any atom is -1.00 e. The van der Waals surface area contributed by atoms with Gasteiger partial charge in [0.25, 0.3) is 0 Å². The van der Waals surface area contributed by atoms with E-state index in [1.165, 1.54) is 6.20 Å². The molecule has 2 nitrogen and oxygen atoms in total. The quantitative estimate of drug-likeness (QED) is 0.256. The van der Waals surface area contributed by atoms with Crippen molar-refractivity contribution in [3.63, 3.8) is 0 Å². The second kappa shape index (κ2) is 7.94. The zero-order valence-corrected chi connectivity index (χ0v) is 8.31. The van der Waals surface area contributed by atoms with Crippen molar-refractivity contribution in [2.75, 3.05) is 0 Å². The Morgan fingerprint density at radius 1 is 2.00 bits per heavy atom. The number of hydrogen-bond acceptors (Lipinski definition) is 3. The van der Waals surface area contributed by atoms with Gasteiger partial charge in [0.2, 0.25) is 0 Å². The molecule has 0 unspecified atom stereocenters. The maximum atomic E-state index is 5.02. The van der Waals surface area contributed by atoms with Crippen LogP contribution in [0.3, 0.4) is 0 Å². The number of rotatable bonds is 1. The molecule has 0 aliphatic carbocycles. The molecule has 0 fully saturated rings. The average molecular weight is 158 g/mol. The summed E-state index contributed by atoms with van der Waals surface area (Å²) < 4.78 is 0.537. The Labute approximate surface area is 82.2 Å². The first-order valence-corrected chi connectivity index (χ1v) is 2.88. The van der Waals surface area contributed by atoms with E-state index in [1.54, 1.807) is 0 Å². The molecule has 0 aromatic heterocycles. The van der Waals surface area contributed by atoms with Gasteiger partial charge in [0.1, 0.15) is 0 Å². The van der Waals surface area contributed by atoms with Crippen LogP contribution in [0.25, 0.3) is 0 Å². The fourth-order valence-corrected chi connectivity index (χ4v) is 0.352. The predicted octanol–water partition coefficient (Wildman–Crippen LogP) is -2.27. The van der Waals surface area contributed by atoms with Crippen molar-refractivity contribution >= 4 is 28.5 Å². The van der Waals surface area contributed by atoms with E-state index in [2.05, 4.69) is 24.1 Å². The van der Waals surface area contributed by atoms with E-state index in [0.717, 1.165) is 11.9 Å². The van der Waals surface area contributed by atoms with E-state index in [9.17, 15) is 0 Å². The van der Waals surface area contributed by atoms with Crippen LogP contribution in [-0.2, 0) is 0 Å². The molecule has 0 aromatic rings. The number of nitrogens with one attached hydrogen (secondary N) is 1. The minimum atomic E-state index is 0. The first-order chi connectivity index (χ1) is 3.31. The van der Waals surface area contributed by atoms with Crippen molar-refractivity contribution < 1.29 is 31.0 Å². The molecule has 0 saturated carbocycles. The van der Waals surface area contributed by atoms with E-state index in [-0.39, 0.29) is 31.0 Å². The maximum absolute atomic E-state index is 5.02. The Kier molecular flexibility index (Phi) is 11.6. The molecular weight excluding hydrogens is 151 g/mol. The van der Waals surface area contributed by atoms with Gasteiger partial charge >= 0.3 is 29.6 Å². The number of hydrogen-bond donors (Lipinski definition) is 2. The van der Waals surface area contributed by atoms with Gasteiger partial charge in [-0.25, -0.2) is 0 Å². The van der Waals surface area contributed by atoms with E-state index < -0.39 is 0 Å². The van der Waals surface area contributed by atoms with Crippen LogP contribution in [0.1, 0.15) is 1.43 Å². The molecular formula is C3H7N2NaS2. The second-order valence-electron chi connectivity index (χ2n) is 0.754. The molecule has 0 atom stereocenters. The van der Waals surface area contributed by atoms with E-state index in [0.29, 0.717) is 4.32 Å². The molecule has 42 valence electrons. The van der Waals surface area contributed by atoms with Crippen molar-refractivity contribution in [3.05, 3.63) is 12.8 Å². The molecule has 0 heterocycles. The summed E-state index contributed by atoms with van der Waals surface area (Å²) in [6.07, 6.45) is 1.49. The van der Waals surface area contributed by atoms with Crippen LogP contribution in [0.4, 0.5) is 0 Å². The zero-order valence-electron chi connectivity index (χ0n) is 5.68. The number of nitrogens with two attached hydrogens (primary N) is 1. The monoisotopic (exact) mass is 158 g/mol. The van der Waals surface area contributed by atoms with Gasteiger partial charge < -0.3 is 6.74 Å². The summed E-state index contributed by atoms with van der Waals surface area (Å²) in [4.78, 5) is 0.